The van der Waals surface area contributed by atoms with Gasteiger partial charge in [-0.3, -0.25) is 11.3 Å². The molecular formula is C10H20N2O. The van der Waals surface area contributed by atoms with Crippen molar-refractivity contribution in [1.82, 2.24) is 5.43 Å². The summed E-state index contributed by atoms with van der Waals surface area (Å²) < 4.78 is 5.88. The zero-order valence-electron chi connectivity index (χ0n) is 8.38. The van der Waals surface area contributed by atoms with Crippen LogP contribution in [0.25, 0.3) is 0 Å². The van der Waals surface area contributed by atoms with E-state index in [4.69, 9.17) is 10.6 Å². The zero-order valence-corrected chi connectivity index (χ0v) is 8.38. The summed E-state index contributed by atoms with van der Waals surface area (Å²) in [6, 6.07) is 0.368. The topological polar surface area (TPSA) is 47.3 Å². The van der Waals surface area contributed by atoms with Gasteiger partial charge in [-0.1, -0.05) is 0 Å². The van der Waals surface area contributed by atoms with Crippen LogP contribution in [0.5, 0.6) is 0 Å². The van der Waals surface area contributed by atoms with Crippen LogP contribution >= 0.6 is 0 Å². The van der Waals surface area contributed by atoms with Gasteiger partial charge in [0.15, 0.2) is 0 Å². The number of hydrazine groups is 1. The van der Waals surface area contributed by atoms with Gasteiger partial charge in [0.2, 0.25) is 0 Å². The van der Waals surface area contributed by atoms with Gasteiger partial charge >= 0.3 is 0 Å². The predicted octanol–water partition coefficient (Wildman–Crippen LogP) is 1.19. The van der Waals surface area contributed by atoms with E-state index in [1.807, 2.05) is 0 Å². The minimum atomic E-state index is -0.00579. The monoisotopic (exact) mass is 184 g/mol. The molecule has 0 bridgehead atoms. The van der Waals surface area contributed by atoms with Crippen molar-refractivity contribution in [3.8, 4) is 0 Å². The van der Waals surface area contributed by atoms with Crippen LogP contribution in [-0.2, 0) is 4.74 Å². The first-order chi connectivity index (χ1) is 6.26. The molecule has 2 atom stereocenters. The van der Waals surface area contributed by atoms with Crippen LogP contribution < -0.4 is 11.3 Å². The standard InChI is InChI=1S/C10H20N2O/c1-10(6-2-3-7-13-10)9(12-11)8-4-5-8/h8-9,12H,2-7,11H2,1H3. The van der Waals surface area contributed by atoms with Gasteiger partial charge in [-0.15, -0.1) is 0 Å². The number of nitrogens with one attached hydrogen (secondary N) is 1. The smallest absolute Gasteiger partial charge is 0.0822 e. The third-order valence-corrected chi connectivity index (χ3v) is 3.43. The summed E-state index contributed by atoms with van der Waals surface area (Å²) in [6.07, 6.45) is 6.26. The summed E-state index contributed by atoms with van der Waals surface area (Å²) in [4.78, 5) is 0. The molecule has 0 aromatic carbocycles. The molecule has 1 saturated carbocycles. The maximum atomic E-state index is 5.88. The molecule has 1 aliphatic carbocycles. The Morgan fingerprint density at radius 3 is 2.69 bits per heavy atom. The summed E-state index contributed by atoms with van der Waals surface area (Å²) in [5.74, 6) is 6.36. The molecule has 13 heavy (non-hydrogen) atoms. The normalized spacial score (nSPS) is 37.4. The first-order valence-corrected chi connectivity index (χ1v) is 5.36. The van der Waals surface area contributed by atoms with Crippen LogP contribution in [0, 0.1) is 5.92 Å². The van der Waals surface area contributed by atoms with Gasteiger partial charge in [0.25, 0.3) is 0 Å². The van der Waals surface area contributed by atoms with Crippen molar-refractivity contribution in [3.63, 3.8) is 0 Å². The lowest BCUT2D eigenvalue weighted by Gasteiger charge is -2.40. The second-order valence-corrected chi connectivity index (χ2v) is 4.60. The van der Waals surface area contributed by atoms with Crippen molar-refractivity contribution in [2.45, 2.75) is 50.7 Å². The Morgan fingerprint density at radius 2 is 2.23 bits per heavy atom. The van der Waals surface area contributed by atoms with E-state index >= 15 is 0 Å². The third-order valence-electron chi connectivity index (χ3n) is 3.43. The van der Waals surface area contributed by atoms with Gasteiger partial charge in [0, 0.05) is 6.61 Å². The molecule has 1 saturated heterocycles. The molecule has 0 aromatic heterocycles. The summed E-state index contributed by atoms with van der Waals surface area (Å²) >= 11 is 0. The Hall–Kier alpha value is -0.120. The molecule has 76 valence electrons. The average molecular weight is 184 g/mol. The average Bonchev–Trinajstić information content (AvgIpc) is 2.90. The number of hydrogen-bond donors (Lipinski definition) is 2. The van der Waals surface area contributed by atoms with Crippen molar-refractivity contribution in [3.05, 3.63) is 0 Å². The molecule has 1 heterocycles. The van der Waals surface area contributed by atoms with Crippen molar-refractivity contribution < 1.29 is 4.74 Å². The van der Waals surface area contributed by atoms with E-state index in [-0.39, 0.29) is 5.60 Å². The minimum absolute atomic E-state index is 0.00579. The summed E-state index contributed by atoms with van der Waals surface area (Å²) in [7, 11) is 0. The number of nitrogens with two attached hydrogens (primary N) is 1. The molecule has 3 N–H and O–H groups in total. The summed E-state index contributed by atoms with van der Waals surface area (Å²) in [6.45, 7) is 3.11. The fraction of sp³-hybridized carbons (Fsp3) is 1.00. The minimum Gasteiger partial charge on any atom is -0.374 e. The molecule has 0 aromatic rings. The van der Waals surface area contributed by atoms with Crippen LogP contribution in [0.3, 0.4) is 0 Å². The third kappa shape index (κ3) is 1.87. The number of hydrogen-bond acceptors (Lipinski definition) is 3. The first kappa shape index (κ1) is 9.44. The predicted molar refractivity (Wildman–Crippen MR) is 52.0 cm³/mol. The molecule has 0 radical (unpaired) electrons. The molecular weight excluding hydrogens is 164 g/mol. The molecule has 1 aliphatic heterocycles. The highest BCUT2D eigenvalue weighted by atomic mass is 16.5. The van der Waals surface area contributed by atoms with Crippen molar-refractivity contribution in [2.75, 3.05) is 6.61 Å². The zero-order chi connectivity index (χ0) is 9.31. The van der Waals surface area contributed by atoms with E-state index in [2.05, 4.69) is 12.3 Å². The van der Waals surface area contributed by atoms with Gasteiger partial charge in [-0.2, -0.15) is 0 Å². The summed E-state index contributed by atoms with van der Waals surface area (Å²) in [5, 5.41) is 0. The van der Waals surface area contributed by atoms with Crippen molar-refractivity contribution in [1.29, 1.82) is 0 Å². The lowest BCUT2D eigenvalue weighted by molar-refractivity contribution is -0.0930. The van der Waals surface area contributed by atoms with E-state index in [1.54, 1.807) is 0 Å². The van der Waals surface area contributed by atoms with Crippen LogP contribution in [-0.4, -0.2) is 18.2 Å². The Morgan fingerprint density at radius 1 is 1.46 bits per heavy atom. The van der Waals surface area contributed by atoms with E-state index in [0.29, 0.717) is 6.04 Å². The number of ether oxygens (including phenoxy) is 1. The van der Waals surface area contributed by atoms with Crippen LogP contribution in [0.15, 0.2) is 0 Å². The highest BCUT2D eigenvalue weighted by Gasteiger charge is 2.44. The lowest BCUT2D eigenvalue weighted by Crippen LogP contribution is -2.55. The Bertz CT molecular complexity index is 174. The van der Waals surface area contributed by atoms with E-state index in [0.717, 1.165) is 18.9 Å². The van der Waals surface area contributed by atoms with Crippen molar-refractivity contribution >= 4 is 0 Å². The number of rotatable bonds is 3. The Kier molecular flexibility index (Phi) is 2.58. The first-order valence-electron chi connectivity index (χ1n) is 5.36. The fourth-order valence-corrected chi connectivity index (χ4v) is 2.44. The van der Waals surface area contributed by atoms with E-state index in [9.17, 15) is 0 Å². The molecule has 0 amide bonds. The van der Waals surface area contributed by atoms with Gasteiger partial charge < -0.3 is 4.74 Å². The van der Waals surface area contributed by atoms with Crippen LogP contribution in [0.4, 0.5) is 0 Å². The molecule has 3 nitrogen and oxygen atoms in total. The van der Waals surface area contributed by atoms with Crippen LogP contribution in [0.1, 0.15) is 39.0 Å². The van der Waals surface area contributed by atoms with E-state index in [1.165, 1.54) is 25.7 Å². The molecule has 2 fully saturated rings. The SMILES string of the molecule is CC1(C(NN)C2CC2)CCCCO1. The highest BCUT2D eigenvalue weighted by Crippen LogP contribution is 2.41. The van der Waals surface area contributed by atoms with Crippen molar-refractivity contribution in [2.24, 2.45) is 11.8 Å². The van der Waals surface area contributed by atoms with Gasteiger partial charge in [0.05, 0.1) is 11.6 Å². The highest BCUT2D eigenvalue weighted by molar-refractivity contribution is 4.99. The molecule has 0 spiro atoms. The second-order valence-electron chi connectivity index (χ2n) is 4.60. The molecule has 2 rings (SSSR count). The fourth-order valence-electron chi connectivity index (χ4n) is 2.44. The second kappa shape index (κ2) is 3.56. The maximum absolute atomic E-state index is 5.88. The molecule has 3 heteroatoms. The Labute approximate surface area is 80.0 Å². The van der Waals surface area contributed by atoms with E-state index < -0.39 is 0 Å². The largest absolute Gasteiger partial charge is 0.374 e. The quantitative estimate of drug-likeness (QED) is 0.511. The molecule has 2 aliphatic rings. The van der Waals surface area contributed by atoms with Crippen LogP contribution in [0.2, 0.25) is 0 Å². The Balaban J connectivity index is 2.00. The van der Waals surface area contributed by atoms with Gasteiger partial charge in [-0.05, 0) is 44.9 Å². The summed E-state index contributed by atoms with van der Waals surface area (Å²) in [5.41, 5.74) is 2.94. The van der Waals surface area contributed by atoms with Gasteiger partial charge in [-0.25, -0.2) is 0 Å². The van der Waals surface area contributed by atoms with Gasteiger partial charge in [0.1, 0.15) is 0 Å². The molecule has 2 unspecified atom stereocenters. The maximum Gasteiger partial charge on any atom is 0.0822 e. The lowest BCUT2D eigenvalue weighted by atomic mass is 9.86.